The highest BCUT2D eigenvalue weighted by Gasteiger charge is 2.20. The minimum Gasteiger partial charge on any atom is -0.452 e. The molecule has 4 aromatic rings. The van der Waals surface area contributed by atoms with Gasteiger partial charge in [0.05, 0.1) is 11.3 Å². The van der Waals surface area contributed by atoms with E-state index in [9.17, 15) is 4.79 Å². The van der Waals surface area contributed by atoms with Gasteiger partial charge < -0.3 is 14.1 Å². The van der Waals surface area contributed by atoms with Crippen LogP contribution in [0.1, 0.15) is 24.5 Å². The third-order valence-corrected chi connectivity index (χ3v) is 4.70. The number of hydrogen-bond donors (Lipinski definition) is 1. The summed E-state index contributed by atoms with van der Waals surface area (Å²) in [6.07, 6.45) is 1.41. The van der Waals surface area contributed by atoms with E-state index in [0.717, 1.165) is 21.3 Å². The van der Waals surface area contributed by atoms with Crippen LogP contribution in [0.25, 0.3) is 21.7 Å². The third-order valence-electron chi connectivity index (χ3n) is 3.84. The number of fused-ring (bicyclic) bond motifs is 1. The molecule has 0 bridgehead atoms. The van der Waals surface area contributed by atoms with Gasteiger partial charge in [0.1, 0.15) is 0 Å². The van der Waals surface area contributed by atoms with Gasteiger partial charge in [-0.3, -0.25) is 4.79 Å². The lowest BCUT2D eigenvalue weighted by atomic mass is 10.1. The largest absolute Gasteiger partial charge is 0.452 e. The van der Waals surface area contributed by atoms with E-state index in [2.05, 4.69) is 15.2 Å². The Morgan fingerprint density at radius 3 is 3.00 bits per heavy atom. The second-order valence-corrected chi connectivity index (χ2v) is 6.54. The first-order valence-electron chi connectivity index (χ1n) is 7.82. The van der Waals surface area contributed by atoms with Crippen LogP contribution in [0.15, 0.2) is 52.4 Å². The van der Waals surface area contributed by atoms with Crippen molar-refractivity contribution in [3.05, 3.63) is 59.4 Å². The van der Waals surface area contributed by atoms with Gasteiger partial charge in [0.15, 0.2) is 6.10 Å². The van der Waals surface area contributed by atoms with Gasteiger partial charge in [-0.1, -0.05) is 24.3 Å². The van der Waals surface area contributed by atoms with Crippen LogP contribution >= 0.6 is 11.3 Å². The monoisotopic (exact) mass is 353 g/mol. The number of carbonyl (C=O) groups excluding carboxylic acids is 1. The summed E-state index contributed by atoms with van der Waals surface area (Å²) in [6.45, 7) is 1.72. The fourth-order valence-electron chi connectivity index (χ4n) is 2.62. The highest BCUT2D eigenvalue weighted by atomic mass is 32.1. The predicted octanol–water partition coefficient (Wildman–Crippen LogP) is 4.13. The molecule has 4 rings (SSSR count). The maximum Gasteiger partial charge on any atom is 0.311 e. The number of rotatable bonds is 5. The molecule has 126 valence electrons. The van der Waals surface area contributed by atoms with Crippen LogP contribution in [0.2, 0.25) is 0 Å². The van der Waals surface area contributed by atoms with Crippen LogP contribution in [0.3, 0.4) is 0 Å². The molecule has 25 heavy (non-hydrogen) atoms. The molecule has 7 heteroatoms. The van der Waals surface area contributed by atoms with Crippen LogP contribution in [0.5, 0.6) is 0 Å². The Morgan fingerprint density at radius 1 is 1.28 bits per heavy atom. The maximum absolute atomic E-state index is 12.2. The molecule has 3 aromatic heterocycles. The molecule has 0 aliphatic rings. The minimum absolute atomic E-state index is 0.181. The summed E-state index contributed by atoms with van der Waals surface area (Å²) in [4.78, 5) is 16.3. The lowest BCUT2D eigenvalue weighted by Gasteiger charge is -2.09. The van der Waals surface area contributed by atoms with Crippen molar-refractivity contribution in [3.63, 3.8) is 0 Å². The first-order valence-corrected chi connectivity index (χ1v) is 8.70. The Bertz CT molecular complexity index is 1000. The van der Waals surface area contributed by atoms with Gasteiger partial charge in [0, 0.05) is 17.1 Å². The number of esters is 1. The molecule has 0 saturated heterocycles. The molecule has 0 aliphatic carbocycles. The van der Waals surface area contributed by atoms with Crippen LogP contribution in [0.4, 0.5) is 0 Å². The van der Waals surface area contributed by atoms with Crippen molar-refractivity contribution in [2.24, 2.45) is 0 Å². The molecule has 0 aliphatic heterocycles. The SMILES string of the molecule is C[C@H](OC(=O)Cc1c[nH]c2ccccc12)c1nnc(-c2cccs2)o1. The van der Waals surface area contributed by atoms with E-state index in [1.807, 2.05) is 48.0 Å². The van der Waals surface area contributed by atoms with E-state index in [4.69, 9.17) is 9.15 Å². The zero-order valence-corrected chi connectivity index (χ0v) is 14.2. The quantitative estimate of drug-likeness (QED) is 0.546. The fraction of sp³-hybridized carbons (Fsp3) is 0.167. The van der Waals surface area contributed by atoms with Crippen LogP contribution < -0.4 is 0 Å². The molecule has 3 heterocycles. The number of ether oxygens (including phenoxy) is 1. The van der Waals surface area contributed by atoms with Gasteiger partial charge in [-0.25, -0.2) is 0 Å². The van der Waals surface area contributed by atoms with Crippen LogP contribution in [-0.2, 0) is 16.0 Å². The van der Waals surface area contributed by atoms with Crippen LogP contribution in [-0.4, -0.2) is 21.2 Å². The number of thiophene rings is 1. The molecular formula is C18H15N3O3S. The zero-order valence-electron chi connectivity index (χ0n) is 13.4. The van der Waals surface area contributed by atoms with E-state index >= 15 is 0 Å². The molecule has 0 unspecified atom stereocenters. The highest BCUT2D eigenvalue weighted by Crippen LogP contribution is 2.26. The lowest BCUT2D eigenvalue weighted by molar-refractivity contribution is -0.148. The van der Waals surface area contributed by atoms with Crippen LogP contribution in [0, 0.1) is 0 Å². The lowest BCUT2D eigenvalue weighted by Crippen LogP contribution is -2.11. The molecule has 0 spiro atoms. The van der Waals surface area contributed by atoms with Crippen molar-refractivity contribution in [1.29, 1.82) is 0 Å². The van der Waals surface area contributed by atoms with E-state index in [1.165, 1.54) is 11.3 Å². The number of para-hydroxylation sites is 1. The van der Waals surface area contributed by atoms with Gasteiger partial charge in [-0.2, -0.15) is 0 Å². The highest BCUT2D eigenvalue weighted by molar-refractivity contribution is 7.13. The molecule has 1 N–H and O–H groups in total. The average molecular weight is 353 g/mol. The zero-order chi connectivity index (χ0) is 17.2. The van der Waals surface area contributed by atoms with Crippen molar-refractivity contribution in [2.45, 2.75) is 19.4 Å². The van der Waals surface area contributed by atoms with Gasteiger partial charge in [-0.15, -0.1) is 21.5 Å². The topological polar surface area (TPSA) is 81.0 Å². The van der Waals surface area contributed by atoms with E-state index < -0.39 is 6.10 Å². The minimum atomic E-state index is -0.598. The number of benzene rings is 1. The standard InChI is InChI=1S/C18H15N3O3S/c1-11(17-20-21-18(24-17)15-7-4-8-25-15)23-16(22)9-12-10-19-14-6-3-2-5-13(12)14/h2-8,10-11,19H,9H2,1H3/t11-/m0/s1. The molecule has 1 atom stereocenters. The van der Waals surface area contributed by atoms with Crippen molar-refractivity contribution < 1.29 is 13.9 Å². The Kier molecular flexibility index (Phi) is 4.07. The van der Waals surface area contributed by atoms with Crippen molar-refractivity contribution >= 4 is 28.2 Å². The van der Waals surface area contributed by atoms with Gasteiger partial charge in [-0.05, 0) is 30.0 Å². The number of aromatic amines is 1. The summed E-state index contributed by atoms with van der Waals surface area (Å²) in [7, 11) is 0. The Labute approximate surface area is 147 Å². The second kappa shape index (κ2) is 6.52. The summed E-state index contributed by atoms with van der Waals surface area (Å²) in [5, 5.41) is 10.9. The number of nitrogens with one attached hydrogen (secondary N) is 1. The van der Waals surface area contributed by atoms with Crippen molar-refractivity contribution in [2.75, 3.05) is 0 Å². The summed E-state index contributed by atoms with van der Waals surface area (Å²) in [5.74, 6) is 0.383. The molecule has 0 amide bonds. The Balaban J connectivity index is 1.44. The smallest absolute Gasteiger partial charge is 0.311 e. The van der Waals surface area contributed by atoms with Crippen molar-refractivity contribution in [3.8, 4) is 10.8 Å². The second-order valence-electron chi connectivity index (χ2n) is 5.59. The molecular weight excluding hydrogens is 338 g/mol. The summed E-state index contributed by atoms with van der Waals surface area (Å²) >= 11 is 1.51. The van der Waals surface area contributed by atoms with E-state index in [0.29, 0.717) is 5.89 Å². The third kappa shape index (κ3) is 3.18. The summed E-state index contributed by atoms with van der Waals surface area (Å²) < 4.78 is 11.0. The van der Waals surface area contributed by atoms with Gasteiger partial charge in [0.2, 0.25) is 0 Å². The number of aromatic nitrogens is 3. The molecule has 0 saturated carbocycles. The number of H-pyrrole nitrogens is 1. The maximum atomic E-state index is 12.2. The molecule has 1 aromatic carbocycles. The first-order chi connectivity index (χ1) is 12.2. The van der Waals surface area contributed by atoms with E-state index in [1.54, 1.807) is 6.92 Å². The summed E-state index contributed by atoms with van der Waals surface area (Å²) in [5.41, 5.74) is 1.90. The predicted molar refractivity (Wildman–Crippen MR) is 94.1 cm³/mol. The van der Waals surface area contributed by atoms with Gasteiger partial charge >= 0.3 is 5.97 Å². The summed E-state index contributed by atoms with van der Waals surface area (Å²) in [6, 6.07) is 11.6. The molecule has 0 radical (unpaired) electrons. The van der Waals surface area contributed by atoms with Gasteiger partial charge in [0.25, 0.3) is 11.8 Å². The first kappa shape index (κ1) is 15.6. The molecule has 6 nitrogen and oxygen atoms in total. The van der Waals surface area contributed by atoms with E-state index in [-0.39, 0.29) is 18.3 Å². The fourth-order valence-corrected chi connectivity index (χ4v) is 3.27. The normalized spacial score (nSPS) is 12.4. The average Bonchev–Trinajstić information content (AvgIpc) is 3.35. The van der Waals surface area contributed by atoms with Crippen molar-refractivity contribution in [1.82, 2.24) is 15.2 Å². The number of carbonyl (C=O) groups is 1. The number of nitrogens with zero attached hydrogens (tertiary/aromatic N) is 2. The Hall–Kier alpha value is -2.93. The Morgan fingerprint density at radius 2 is 2.16 bits per heavy atom. The molecule has 0 fully saturated rings. The number of hydrogen-bond acceptors (Lipinski definition) is 6.